The van der Waals surface area contributed by atoms with Crippen molar-refractivity contribution in [3.63, 3.8) is 0 Å². The molecule has 0 aliphatic heterocycles. The maximum atomic E-state index is 14.5. The Bertz CT molecular complexity index is 770. The van der Waals surface area contributed by atoms with Gasteiger partial charge >= 0.3 is 0 Å². The van der Waals surface area contributed by atoms with Gasteiger partial charge in [-0.15, -0.1) is 0 Å². The molecule has 0 bridgehead atoms. The van der Waals surface area contributed by atoms with E-state index in [9.17, 15) is 13.9 Å². The molecule has 1 unspecified atom stereocenters. The normalized spacial score (nSPS) is 20.6. The van der Waals surface area contributed by atoms with Crippen molar-refractivity contribution in [3.05, 3.63) is 23.9 Å². The zero-order chi connectivity index (χ0) is 18.7. The molecule has 3 rings (SSSR count). The first-order chi connectivity index (χ1) is 12.4. The van der Waals surface area contributed by atoms with E-state index in [0.29, 0.717) is 29.7 Å². The zero-order valence-corrected chi connectivity index (χ0v) is 15.0. The molecule has 2 aromatic rings. The highest BCUT2D eigenvalue weighted by atomic mass is 19.3. The summed E-state index contributed by atoms with van der Waals surface area (Å²) in [6.45, 7) is 2.59. The van der Waals surface area contributed by atoms with Gasteiger partial charge in [0, 0.05) is 19.1 Å². The molecule has 1 saturated carbocycles. The summed E-state index contributed by atoms with van der Waals surface area (Å²) in [7, 11) is 1.49. The number of hydrogen-bond acceptors (Lipinski definition) is 5. The fourth-order valence-electron chi connectivity index (χ4n) is 3.42. The van der Waals surface area contributed by atoms with Crippen LogP contribution in [0.3, 0.4) is 0 Å². The van der Waals surface area contributed by atoms with E-state index in [4.69, 9.17) is 9.47 Å². The number of hydrogen-bond donors (Lipinski definition) is 1. The van der Waals surface area contributed by atoms with Crippen molar-refractivity contribution in [2.75, 3.05) is 20.3 Å². The summed E-state index contributed by atoms with van der Waals surface area (Å²) < 4.78 is 39.5. The largest absolute Gasteiger partial charge is 0.497 e. The summed E-state index contributed by atoms with van der Waals surface area (Å²) in [5, 5.41) is 9.94. The van der Waals surface area contributed by atoms with Crippen molar-refractivity contribution in [2.24, 2.45) is 11.8 Å². The van der Waals surface area contributed by atoms with Crippen LogP contribution in [-0.4, -0.2) is 35.4 Å². The molecule has 1 aromatic carbocycles. The summed E-state index contributed by atoms with van der Waals surface area (Å²) >= 11 is 0. The third-order valence-corrected chi connectivity index (χ3v) is 5.13. The molecule has 1 fully saturated rings. The Balaban J connectivity index is 1.66. The van der Waals surface area contributed by atoms with Gasteiger partial charge in [-0.3, -0.25) is 0 Å². The van der Waals surface area contributed by atoms with Gasteiger partial charge in [0.1, 0.15) is 5.75 Å². The number of aromatic nitrogens is 2. The Morgan fingerprint density at radius 3 is 2.73 bits per heavy atom. The second-order valence-electron chi connectivity index (χ2n) is 6.95. The lowest BCUT2D eigenvalue weighted by Crippen LogP contribution is -2.20. The minimum Gasteiger partial charge on any atom is -0.497 e. The topological polar surface area (TPSA) is 64.5 Å². The summed E-state index contributed by atoms with van der Waals surface area (Å²) in [6, 6.07) is 4.69. The number of rotatable bonds is 7. The minimum absolute atomic E-state index is 0.0853. The van der Waals surface area contributed by atoms with Crippen molar-refractivity contribution >= 4 is 11.0 Å². The molecule has 7 heteroatoms. The highest BCUT2D eigenvalue weighted by Gasteiger charge is 2.37. The highest BCUT2D eigenvalue weighted by Crippen LogP contribution is 2.37. The Kier molecular flexibility index (Phi) is 5.55. The van der Waals surface area contributed by atoms with Gasteiger partial charge in [0.15, 0.2) is 5.69 Å². The number of methoxy groups -OCH3 is 1. The summed E-state index contributed by atoms with van der Waals surface area (Å²) in [5.74, 6) is -2.53. The lowest BCUT2D eigenvalue weighted by atomic mass is 9.99. The molecule has 5 nitrogen and oxygen atoms in total. The smallest absolute Gasteiger partial charge is 0.297 e. The van der Waals surface area contributed by atoms with E-state index < -0.39 is 23.9 Å². The number of fused-ring (bicyclic) bond motifs is 1. The zero-order valence-electron chi connectivity index (χ0n) is 15.0. The van der Waals surface area contributed by atoms with Crippen LogP contribution in [0.5, 0.6) is 11.6 Å². The fraction of sp³-hybridized carbons (Fsp3) is 0.579. The van der Waals surface area contributed by atoms with Gasteiger partial charge in [0.2, 0.25) is 5.88 Å². The average Bonchev–Trinajstić information content (AvgIpc) is 3.02. The third kappa shape index (κ3) is 4.03. The molecule has 0 saturated heterocycles. The van der Waals surface area contributed by atoms with Crippen LogP contribution < -0.4 is 4.74 Å². The SMILES string of the molecule is COc1ccc2nc(C(F)(F)CCOC[C@@H]3CCCC3C)c(O)nc2c1. The van der Waals surface area contributed by atoms with Crippen LogP contribution in [0.1, 0.15) is 38.3 Å². The molecule has 142 valence electrons. The third-order valence-electron chi connectivity index (χ3n) is 5.13. The van der Waals surface area contributed by atoms with Crippen LogP contribution in [-0.2, 0) is 10.7 Å². The van der Waals surface area contributed by atoms with Crippen molar-refractivity contribution in [3.8, 4) is 11.6 Å². The van der Waals surface area contributed by atoms with Gasteiger partial charge in [-0.05, 0) is 30.4 Å². The standard InChI is InChI=1S/C19H24F2N2O3/c1-12-4-3-5-13(12)11-26-9-8-19(20,21)17-18(24)23-16-10-14(25-2)6-7-15(16)22-17/h6-7,10,12-13H,3-5,8-9,11H2,1-2H3,(H,23,24)/t12?,13-/m0/s1. The number of alkyl halides is 2. The van der Waals surface area contributed by atoms with E-state index in [0.717, 1.165) is 6.42 Å². The Hall–Kier alpha value is -2.02. The average molecular weight is 366 g/mol. The molecule has 1 aliphatic carbocycles. The lowest BCUT2D eigenvalue weighted by molar-refractivity contribution is -0.0482. The summed E-state index contributed by atoms with van der Waals surface area (Å²) in [5.41, 5.74) is -0.139. The molecule has 0 radical (unpaired) electrons. The fourth-order valence-corrected chi connectivity index (χ4v) is 3.42. The molecule has 1 aliphatic rings. The van der Waals surface area contributed by atoms with Crippen molar-refractivity contribution in [1.82, 2.24) is 9.97 Å². The second-order valence-corrected chi connectivity index (χ2v) is 6.95. The number of nitrogens with zero attached hydrogens (tertiary/aromatic N) is 2. The molecular weight excluding hydrogens is 342 g/mol. The summed E-state index contributed by atoms with van der Waals surface area (Å²) in [4.78, 5) is 7.76. The first-order valence-corrected chi connectivity index (χ1v) is 8.91. The van der Waals surface area contributed by atoms with E-state index >= 15 is 0 Å². The number of halogens is 2. The second kappa shape index (κ2) is 7.70. The predicted molar refractivity (Wildman–Crippen MR) is 93.6 cm³/mol. The van der Waals surface area contributed by atoms with E-state index in [-0.39, 0.29) is 12.1 Å². The van der Waals surface area contributed by atoms with Crippen LogP contribution in [0.25, 0.3) is 11.0 Å². The Morgan fingerprint density at radius 1 is 1.23 bits per heavy atom. The monoisotopic (exact) mass is 366 g/mol. The molecule has 1 heterocycles. The Labute approximate surface area is 151 Å². The molecule has 0 amide bonds. The maximum absolute atomic E-state index is 14.5. The maximum Gasteiger partial charge on any atom is 0.297 e. The van der Waals surface area contributed by atoms with Crippen LogP contribution in [0.4, 0.5) is 8.78 Å². The van der Waals surface area contributed by atoms with Crippen LogP contribution in [0.15, 0.2) is 18.2 Å². The van der Waals surface area contributed by atoms with Gasteiger partial charge in [0.05, 0.1) is 24.8 Å². The van der Waals surface area contributed by atoms with Gasteiger partial charge in [-0.25, -0.2) is 9.97 Å². The van der Waals surface area contributed by atoms with Crippen molar-refractivity contribution in [1.29, 1.82) is 0 Å². The molecule has 0 spiro atoms. The lowest BCUT2D eigenvalue weighted by Gasteiger charge is -2.19. The van der Waals surface area contributed by atoms with E-state index in [1.165, 1.54) is 32.1 Å². The number of aromatic hydroxyl groups is 1. The molecular formula is C19H24F2N2O3. The van der Waals surface area contributed by atoms with E-state index in [1.807, 2.05) is 0 Å². The van der Waals surface area contributed by atoms with Gasteiger partial charge in [0.25, 0.3) is 5.92 Å². The minimum atomic E-state index is -3.31. The van der Waals surface area contributed by atoms with Gasteiger partial charge in [-0.2, -0.15) is 8.78 Å². The quantitative estimate of drug-likeness (QED) is 0.741. The Morgan fingerprint density at radius 2 is 2.04 bits per heavy atom. The predicted octanol–water partition coefficient (Wildman–Crippen LogP) is 4.28. The first-order valence-electron chi connectivity index (χ1n) is 8.91. The van der Waals surface area contributed by atoms with E-state index in [1.54, 1.807) is 6.07 Å². The van der Waals surface area contributed by atoms with Crippen molar-refractivity contribution < 1.29 is 23.4 Å². The van der Waals surface area contributed by atoms with Crippen LogP contribution in [0, 0.1) is 11.8 Å². The molecule has 1 N–H and O–H groups in total. The van der Waals surface area contributed by atoms with Crippen molar-refractivity contribution in [2.45, 2.75) is 38.5 Å². The summed E-state index contributed by atoms with van der Waals surface area (Å²) in [6.07, 6.45) is 2.90. The molecule has 1 aromatic heterocycles. The van der Waals surface area contributed by atoms with Crippen LogP contribution >= 0.6 is 0 Å². The number of benzene rings is 1. The first kappa shape index (κ1) is 18.8. The van der Waals surface area contributed by atoms with Crippen LogP contribution in [0.2, 0.25) is 0 Å². The highest BCUT2D eigenvalue weighted by molar-refractivity contribution is 5.76. The van der Waals surface area contributed by atoms with Gasteiger partial charge < -0.3 is 14.6 Å². The van der Waals surface area contributed by atoms with E-state index in [2.05, 4.69) is 16.9 Å². The van der Waals surface area contributed by atoms with Gasteiger partial charge in [-0.1, -0.05) is 19.8 Å². The number of ether oxygens (including phenoxy) is 2. The molecule has 26 heavy (non-hydrogen) atoms. The molecule has 2 atom stereocenters.